The Morgan fingerprint density at radius 2 is 1.85 bits per heavy atom. The molecule has 0 spiro atoms. The lowest BCUT2D eigenvalue weighted by atomic mass is 10.1. The maximum absolute atomic E-state index is 13.4. The molecule has 1 amide bonds. The van der Waals surface area contributed by atoms with Gasteiger partial charge < -0.3 is 0 Å². The number of amides is 1. The van der Waals surface area contributed by atoms with E-state index in [1.165, 1.54) is 11.3 Å². The van der Waals surface area contributed by atoms with Crippen molar-refractivity contribution in [1.82, 2.24) is 9.97 Å². The lowest BCUT2D eigenvalue weighted by Gasteiger charge is -2.19. The van der Waals surface area contributed by atoms with Crippen molar-refractivity contribution in [1.29, 1.82) is 0 Å². The van der Waals surface area contributed by atoms with Gasteiger partial charge in [-0.05, 0) is 61.9 Å². The van der Waals surface area contributed by atoms with Crippen LogP contribution in [-0.4, -0.2) is 29.5 Å². The second kappa shape index (κ2) is 9.59. The number of hydrogen-bond acceptors (Lipinski definition) is 6. The number of nitrogens with zero attached hydrogens (tertiary/aromatic N) is 3. The normalized spacial score (nSPS) is 11.8. The number of thiazole rings is 1. The van der Waals surface area contributed by atoms with Crippen LogP contribution in [0.4, 0.5) is 5.13 Å². The Balaban J connectivity index is 1.63. The average Bonchev–Trinajstić information content (AvgIpc) is 3.21. The molecule has 2 aromatic heterocycles. The lowest BCUT2D eigenvalue weighted by Crippen LogP contribution is -2.32. The van der Waals surface area contributed by atoms with Crippen LogP contribution in [0.25, 0.3) is 10.2 Å². The molecule has 2 heterocycles. The maximum Gasteiger partial charge on any atom is 0.233 e. The molecule has 0 saturated carbocycles. The largest absolute Gasteiger partial charge is 0.282 e. The first-order chi connectivity index (χ1) is 15.7. The van der Waals surface area contributed by atoms with Crippen LogP contribution in [0.1, 0.15) is 25.1 Å². The predicted molar refractivity (Wildman–Crippen MR) is 133 cm³/mol. The van der Waals surface area contributed by atoms with Gasteiger partial charge in [-0.2, -0.15) is 0 Å². The zero-order valence-corrected chi connectivity index (χ0v) is 20.5. The molecular formula is C24H22ClN3O3S2. The Morgan fingerprint density at radius 3 is 2.52 bits per heavy atom. The van der Waals surface area contributed by atoms with Crippen LogP contribution >= 0.6 is 22.9 Å². The first-order valence-corrected chi connectivity index (χ1v) is 13.1. The van der Waals surface area contributed by atoms with E-state index in [1.807, 2.05) is 30.3 Å². The van der Waals surface area contributed by atoms with Gasteiger partial charge in [0.2, 0.25) is 5.91 Å². The summed E-state index contributed by atoms with van der Waals surface area (Å²) in [6, 6.07) is 17.5. The molecule has 0 aliphatic carbocycles. The van der Waals surface area contributed by atoms with Crippen molar-refractivity contribution in [3.63, 3.8) is 0 Å². The second-order valence-corrected chi connectivity index (χ2v) is 11.8. The molecule has 0 unspecified atom stereocenters. The Morgan fingerprint density at radius 1 is 1.09 bits per heavy atom. The summed E-state index contributed by atoms with van der Waals surface area (Å²) in [5.74, 6) is -0.162. The molecule has 4 rings (SSSR count). The molecule has 0 saturated heterocycles. The summed E-state index contributed by atoms with van der Waals surface area (Å²) in [4.78, 5) is 24.2. The number of fused-ring (bicyclic) bond motifs is 1. The van der Waals surface area contributed by atoms with Crippen molar-refractivity contribution in [3.8, 4) is 0 Å². The van der Waals surface area contributed by atoms with Gasteiger partial charge in [-0.3, -0.25) is 14.7 Å². The Kier molecular flexibility index (Phi) is 6.78. The summed E-state index contributed by atoms with van der Waals surface area (Å²) < 4.78 is 25.6. The van der Waals surface area contributed by atoms with Gasteiger partial charge in [-0.1, -0.05) is 41.1 Å². The van der Waals surface area contributed by atoms with Crippen molar-refractivity contribution in [3.05, 3.63) is 83.1 Å². The fraction of sp³-hybridized carbons (Fsp3) is 0.208. The van der Waals surface area contributed by atoms with E-state index >= 15 is 0 Å². The molecule has 0 N–H and O–H groups in total. The highest BCUT2D eigenvalue weighted by Gasteiger charge is 2.22. The summed E-state index contributed by atoms with van der Waals surface area (Å²) in [6.45, 7) is 3.56. The van der Waals surface area contributed by atoms with Crippen LogP contribution in [0.15, 0.2) is 71.8 Å². The van der Waals surface area contributed by atoms with E-state index in [-0.39, 0.29) is 23.8 Å². The molecule has 0 bridgehead atoms. The molecule has 0 aliphatic rings. The topological polar surface area (TPSA) is 80.2 Å². The SMILES string of the molecule is CC(C)S(=O)(=O)c1ccc(CC(=O)N(Cc2ccccn2)c2nc3ccc(Cl)cc3s2)cc1. The number of pyridine rings is 1. The number of halogens is 1. The van der Waals surface area contributed by atoms with Crippen molar-refractivity contribution in [2.45, 2.75) is 37.0 Å². The van der Waals surface area contributed by atoms with Gasteiger partial charge in [0.25, 0.3) is 0 Å². The van der Waals surface area contributed by atoms with Gasteiger partial charge in [-0.15, -0.1) is 0 Å². The molecule has 0 aliphatic heterocycles. The number of rotatable bonds is 7. The Bertz CT molecular complexity index is 1390. The van der Waals surface area contributed by atoms with Crippen LogP contribution in [0, 0.1) is 0 Å². The number of benzene rings is 2. The highest BCUT2D eigenvalue weighted by molar-refractivity contribution is 7.92. The third-order valence-electron chi connectivity index (χ3n) is 5.15. The lowest BCUT2D eigenvalue weighted by molar-refractivity contribution is -0.118. The minimum atomic E-state index is -3.36. The van der Waals surface area contributed by atoms with E-state index in [9.17, 15) is 13.2 Å². The Labute approximate surface area is 201 Å². The highest BCUT2D eigenvalue weighted by Crippen LogP contribution is 2.32. The van der Waals surface area contributed by atoms with Gasteiger partial charge in [0.15, 0.2) is 15.0 Å². The molecule has 2 aromatic carbocycles. The van der Waals surface area contributed by atoms with E-state index < -0.39 is 15.1 Å². The molecule has 33 heavy (non-hydrogen) atoms. The second-order valence-electron chi connectivity index (χ2n) is 7.82. The summed E-state index contributed by atoms with van der Waals surface area (Å²) in [7, 11) is -3.36. The number of anilines is 1. The standard InChI is InChI=1S/C24H22ClN3O3S2/c1-16(2)33(30,31)20-9-6-17(7-10-20)13-23(29)28(15-19-5-3-4-12-26-19)24-27-21-11-8-18(25)14-22(21)32-24/h3-12,14,16H,13,15H2,1-2H3. The van der Waals surface area contributed by atoms with Crippen LogP contribution in [0.2, 0.25) is 5.02 Å². The van der Waals surface area contributed by atoms with Crippen molar-refractivity contribution < 1.29 is 13.2 Å². The molecule has 9 heteroatoms. The zero-order valence-electron chi connectivity index (χ0n) is 18.1. The Hall–Kier alpha value is -2.81. The fourth-order valence-electron chi connectivity index (χ4n) is 3.26. The van der Waals surface area contributed by atoms with E-state index in [2.05, 4.69) is 9.97 Å². The monoisotopic (exact) mass is 499 g/mol. The van der Waals surface area contributed by atoms with Crippen LogP contribution in [0.3, 0.4) is 0 Å². The molecule has 0 fully saturated rings. The molecule has 0 radical (unpaired) electrons. The van der Waals surface area contributed by atoms with E-state index in [0.29, 0.717) is 10.2 Å². The molecule has 0 atom stereocenters. The van der Waals surface area contributed by atoms with Gasteiger partial charge in [0.1, 0.15) is 0 Å². The minimum absolute atomic E-state index is 0.103. The molecule has 4 aromatic rings. The van der Waals surface area contributed by atoms with Gasteiger partial charge in [-0.25, -0.2) is 13.4 Å². The average molecular weight is 500 g/mol. The number of carbonyl (C=O) groups is 1. The molecular weight excluding hydrogens is 478 g/mol. The summed E-state index contributed by atoms with van der Waals surface area (Å²) >= 11 is 7.51. The molecule has 6 nitrogen and oxygen atoms in total. The first kappa shape index (κ1) is 23.4. The van der Waals surface area contributed by atoms with Crippen molar-refractivity contribution >= 4 is 54.0 Å². The maximum atomic E-state index is 13.4. The number of hydrogen-bond donors (Lipinski definition) is 0. The van der Waals surface area contributed by atoms with Gasteiger partial charge in [0, 0.05) is 11.2 Å². The number of aromatic nitrogens is 2. The summed E-state index contributed by atoms with van der Waals surface area (Å²) in [5, 5.41) is 0.657. The van der Waals surface area contributed by atoms with Crippen LogP contribution in [0.5, 0.6) is 0 Å². The van der Waals surface area contributed by atoms with Gasteiger partial charge >= 0.3 is 0 Å². The fourth-order valence-corrected chi connectivity index (χ4v) is 5.58. The number of sulfone groups is 1. The smallest absolute Gasteiger partial charge is 0.233 e. The summed E-state index contributed by atoms with van der Waals surface area (Å²) in [6.07, 6.45) is 1.79. The minimum Gasteiger partial charge on any atom is -0.282 e. The highest BCUT2D eigenvalue weighted by atomic mass is 35.5. The zero-order chi connectivity index (χ0) is 23.6. The third kappa shape index (κ3) is 5.24. The third-order valence-corrected chi connectivity index (χ3v) is 8.59. The van der Waals surface area contributed by atoms with Crippen LogP contribution < -0.4 is 4.90 Å². The van der Waals surface area contributed by atoms with Crippen molar-refractivity contribution in [2.75, 3.05) is 4.90 Å². The van der Waals surface area contributed by atoms with Gasteiger partial charge in [0.05, 0.1) is 39.0 Å². The van der Waals surface area contributed by atoms with Crippen molar-refractivity contribution in [2.24, 2.45) is 0 Å². The number of carbonyl (C=O) groups excluding carboxylic acids is 1. The first-order valence-electron chi connectivity index (χ1n) is 10.3. The van der Waals surface area contributed by atoms with E-state index in [4.69, 9.17) is 11.6 Å². The van der Waals surface area contributed by atoms with E-state index in [1.54, 1.807) is 55.3 Å². The summed E-state index contributed by atoms with van der Waals surface area (Å²) in [5.41, 5.74) is 2.22. The predicted octanol–water partition coefficient (Wildman–Crippen LogP) is 5.30. The van der Waals surface area contributed by atoms with Crippen LogP contribution in [-0.2, 0) is 27.6 Å². The molecule has 170 valence electrons. The van der Waals surface area contributed by atoms with E-state index in [0.717, 1.165) is 21.5 Å². The quantitative estimate of drug-likeness (QED) is 0.344.